The second kappa shape index (κ2) is 6.10. The molecule has 0 unspecified atom stereocenters. The van der Waals surface area contributed by atoms with Crippen LogP contribution < -0.4 is 5.73 Å². The van der Waals surface area contributed by atoms with Crippen molar-refractivity contribution in [3.8, 4) is 11.8 Å². The molecule has 0 saturated heterocycles. The number of ether oxygens (including phenoxy) is 1. The molecule has 0 amide bonds. The van der Waals surface area contributed by atoms with Crippen LogP contribution in [0.15, 0.2) is 27.3 Å². The SMILES string of the molecule is COC(=O)c1c(N)c(C#N)cn1-c1cc(Br)c(Cl)c(Br)c1. The van der Waals surface area contributed by atoms with Gasteiger partial charge in [-0.1, -0.05) is 11.6 Å². The first-order valence-electron chi connectivity index (χ1n) is 5.54. The fourth-order valence-electron chi connectivity index (χ4n) is 1.80. The van der Waals surface area contributed by atoms with Crippen molar-refractivity contribution in [2.24, 2.45) is 0 Å². The van der Waals surface area contributed by atoms with Gasteiger partial charge >= 0.3 is 5.97 Å². The molecule has 5 nitrogen and oxygen atoms in total. The van der Waals surface area contributed by atoms with Gasteiger partial charge in [0.05, 0.1) is 23.4 Å². The number of hydrogen-bond acceptors (Lipinski definition) is 4. The summed E-state index contributed by atoms with van der Waals surface area (Å²) in [5.41, 5.74) is 6.80. The van der Waals surface area contributed by atoms with E-state index in [1.54, 1.807) is 12.1 Å². The first-order valence-corrected chi connectivity index (χ1v) is 7.51. The van der Waals surface area contributed by atoms with E-state index in [9.17, 15) is 4.79 Å². The van der Waals surface area contributed by atoms with Crippen LogP contribution in [0.3, 0.4) is 0 Å². The summed E-state index contributed by atoms with van der Waals surface area (Å²) in [6.07, 6.45) is 1.48. The number of anilines is 1. The summed E-state index contributed by atoms with van der Waals surface area (Å²) in [7, 11) is 1.25. The van der Waals surface area contributed by atoms with Gasteiger partial charge in [0, 0.05) is 20.8 Å². The second-order valence-electron chi connectivity index (χ2n) is 4.00. The molecular weight excluding hydrogens is 425 g/mol. The van der Waals surface area contributed by atoms with Crippen LogP contribution in [0.2, 0.25) is 5.02 Å². The average molecular weight is 433 g/mol. The molecule has 2 rings (SSSR count). The number of nitrogens with two attached hydrogens (primary N) is 1. The van der Waals surface area contributed by atoms with Crippen LogP contribution >= 0.6 is 43.5 Å². The van der Waals surface area contributed by atoms with E-state index in [1.807, 2.05) is 6.07 Å². The van der Waals surface area contributed by atoms with E-state index in [0.29, 0.717) is 19.7 Å². The Kier molecular flexibility index (Phi) is 4.61. The Morgan fingerprint density at radius 1 is 1.43 bits per heavy atom. The Morgan fingerprint density at radius 3 is 2.48 bits per heavy atom. The van der Waals surface area contributed by atoms with E-state index < -0.39 is 5.97 Å². The molecule has 0 radical (unpaired) electrons. The van der Waals surface area contributed by atoms with Crippen molar-refractivity contribution in [2.75, 3.05) is 12.8 Å². The van der Waals surface area contributed by atoms with E-state index in [4.69, 9.17) is 27.3 Å². The molecule has 2 N–H and O–H groups in total. The molecule has 0 fully saturated rings. The van der Waals surface area contributed by atoms with Crippen molar-refractivity contribution in [3.05, 3.63) is 43.6 Å². The number of esters is 1. The highest BCUT2D eigenvalue weighted by Gasteiger charge is 2.22. The summed E-state index contributed by atoms with van der Waals surface area (Å²) >= 11 is 12.7. The zero-order chi connectivity index (χ0) is 15.7. The Labute approximate surface area is 142 Å². The predicted molar refractivity (Wildman–Crippen MR) is 86.6 cm³/mol. The van der Waals surface area contributed by atoms with E-state index in [-0.39, 0.29) is 16.9 Å². The molecule has 0 aliphatic rings. The Morgan fingerprint density at radius 2 is 2.00 bits per heavy atom. The maximum atomic E-state index is 11.9. The molecule has 108 valence electrons. The molecular formula is C13H8Br2ClN3O2. The van der Waals surface area contributed by atoms with Crippen LogP contribution in [0, 0.1) is 11.3 Å². The highest BCUT2D eigenvalue weighted by Crippen LogP contribution is 2.34. The van der Waals surface area contributed by atoms with Gasteiger partial charge in [-0.05, 0) is 44.0 Å². The summed E-state index contributed by atoms with van der Waals surface area (Å²) < 4.78 is 7.48. The normalized spacial score (nSPS) is 10.2. The van der Waals surface area contributed by atoms with E-state index in [2.05, 4.69) is 31.9 Å². The lowest BCUT2D eigenvalue weighted by atomic mass is 10.2. The van der Waals surface area contributed by atoms with Gasteiger partial charge < -0.3 is 15.0 Å². The van der Waals surface area contributed by atoms with Crippen molar-refractivity contribution in [2.45, 2.75) is 0 Å². The highest BCUT2D eigenvalue weighted by atomic mass is 79.9. The van der Waals surface area contributed by atoms with Gasteiger partial charge in [0.1, 0.15) is 6.07 Å². The minimum absolute atomic E-state index is 0.0755. The van der Waals surface area contributed by atoms with Crippen molar-refractivity contribution in [3.63, 3.8) is 0 Å². The summed E-state index contributed by atoms with van der Waals surface area (Å²) in [6, 6.07) is 5.36. The van der Waals surface area contributed by atoms with E-state index in [1.165, 1.54) is 17.9 Å². The monoisotopic (exact) mass is 431 g/mol. The molecule has 8 heteroatoms. The molecule has 1 aromatic heterocycles. The third-order valence-corrected chi connectivity index (χ3v) is 4.90. The largest absolute Gasteiger partial charge is 0.464 e. The zero-order valence-electron chi connectivity index (χ0n) is 10.7. The molecule has 0 bridgehead atoms. The lowest BCUT2D eigenvalue weighted by molar-refractivity contribution is 0.0593. The maximum absolute atomic E-state index is 11.9. The minimum atomic E-state index is -0.629. The summed E-state index contributed by atoms with van der Waals surface area (Å²) in [4.78, 5) is 11.9. The molecule has 0 saturated carbocycles. The number of carbonyl (C=O) groups is 1. The molecule has 0 spiro atoms. The van der Waals surface area contributed by atoms with Gasteiger partial charge in [-0.15, -0.1) is 0 Å². The number of nitrogen functional groups attached to an aromatic ring is 1. The number of hydrogen-bond donors (Lipinski definition) is 1. The summed E-state index contributed by atoms with van der Waals surface area (Å²) in [5, 5.41) is 9.57. The number of benzene rings is 1. The van der Waals surface area contributed by atoms with Crippen LogP contribution in [0.5, 0.6) is 0 Å². The predicted octanol–water partition coefficient (Wildman–Crippen LogP) is 3.90. The van der Waals surface area contributed by atoms with Crippen LogP contribution in [-0.2, 0) is 4.74 Å². The molecule has 0 aliphatic heterocycles. The second-order valence-corrected chi connectivity index (χ2v) is 6.09. The van der Waals surface area contributed by atoms with Crippen LogP contribution in [0.1, 0.15) is 16.1 Å². The number of rotatable bonds is 2. The first-order chi connectivity index (χ1) is 9.90. The summed E-state index contributed by atoms with van der Waals surface area (Å²) in [5.74, 6) is -0.629. The third kappa shape index (κ3) is 2.79. The Bertz CT molecular complexity index is 757. The van der Waals surface area contributed by atoms with E-state index >= 15 is 0 Å². The lowest BCUT2D eigenvalue weighted by Crippen LogP contribution is -2.11. The summed E-state index contributed by atoms with van der Waals surface area (Å²) in [6.45, 7) is 0. The van der Waals surface area contributed by atoms with Crippen LogP contribution in [0.4, 0.5) is 5.69 Å². The number of methoxy groups -OCH3 is 1. The van der Waals surface area contributed by atoms with Gasteiger partial charge in [-0.2, -0.15) is 5.26 Å². The van der Waals surface area contributed by atoms with Crippen molar-refractivity contribution < 1.29 is 9.53 Å². The highest BCUT2D eigenvalue weighted by molar-refractivity contribution is 9.11. The number of carbonyl (C=O) groups excluding carboxylic acids is 1. The van der Waals surface area contributed by atoms with Crippen molar-refractivity contribution in [1.29, 1.82) is 5.26 Å². The van der Waals surface area contributed by atoms with Crippen molar-refractivity contribution in [1.82, 2.24) is 4.57 Å². The van der Waals surface area contributed by atoms with Crippen LogP contribution in [0.25, 0.3) is 5.69 Å². The van der Waals surface area contributed by atoms with Gasteiger partial charge in [0.15, 0.2) is 5.69 Å². The number of aromatic nitrogens is 1. The zero-order valence-corrected chi connectivity index (χ0v) is 14.6. The molecule has 1 heterocycles. The van der Waals surface area contributed by atoms with E-state index in [0.717, 1.165) is 0 Å². The fourth-order valence-corrected chi connectivity index (χ4v) is 3.07. The average Bonchev–Trinajstić information content (AvgIpc) is 2.80. The smallest absolute Gasteiger partial charge is 0.357 e. The Balaban J connectivity index is 2.75. The molecule has 0 atom stereocenters. The quantitative estimate of drug-likeness (QED) is 0.575. The molecule has 0 aliphatic carbocycles. The number of halogens is 3. The first kappa shape index (κ1) is 15.9. The van der Waals surface area contributed by atoms with Gasteiger partial charge in [0.25, 0.3) is 0 Å². The molecule has 1 aromatic carbocycles. The topological polar surface area (TPSA) is 81.0 Å². The van der Waals surface area contributed by atoms with Gasteiger partial charge in [-0.25, -0.2) is 4.79 Å². The molecule has 2 aromatic rings. The Hall–Kier alpha value is -1.49. The number of nitrogens with zero attached hydrogens (tertiary/aromatic N) is 2. The standard InChI is InChI=1S/C13H8Br2ClN3O2/c1-21-13(20)12-11(18)6(4-17)5-19(12)7-2-8(14)10(16)9(15)3-7/h2-3,5H,18H2,1H3. The maximum Gasteiger partial charge on any atom is 0.357 e. The number of nitriles is 1. The molecule has 21 heavy (non-hydrogen) atoms. The lowest BCUT2D eigenvalue weighted by Gasteiger charge is -2.10. The van der Waals surface area contributed by atoms with Crippen LogP contribution in [-0.4, -0.2) is 17.6 Å². The third-order valence-electron chi connectivity index (χ3n) is 2.79. The fraction of sp³-hybridized carbons (Fsp3) is 0.0769. The van der Waals surface area contributed by atoms with Gasteiger partial charge in [0.2, 0.25) is 0 Å². The van der Waals surface area contributed by atoms with Gasteiger partial charge in [-0.3, -0.25) is 0 Å². The minimum Gasteiger partial charge on any atom is -0.464 e. The van der Waals surface area contributed by atoms with Crippen molar-refractivity contribution >= 4 is 55.1 Å².